The molecule has 1 aromatic heterocycles. The van der Waals surface area contributed by atoms with Crippen molar-refractivity contribution in [3.05, 3.63) is 51.7 Å². The normalized spacial score (nSPS) is 10.7. The third-order valence-electron chi connectivity index (χ3n) is 3.00. The van der Waals surface area contributed by atoms with Gasteiger partial charge < -0.3 is 9.84 Å². The van der Waals surface area contributed by atoms with E-state index in [2.05, 4.69) is 21.6 Å². The molecule has 0 saturated carbocycles. The number of benzene rings is 1. The van der Waals surface area contributed by atoms with Crippen LogP contribution >= 0.6 is 11.6 Å². The first-order valence-electron chi connectivity index (χ1n) is 6.72. The van der Waals surface area contributed by atoms with Gasteiger partial charge in [-0.05, 0) is 31.2 Å². The van der Waals surface area contributed by atoms with Gasteiger partial charge in [0.25, 0.3) is 0 Å². The van der Waals surface area contributed by atoms with Crippen LogP contribution in [0.3, 0.4) is 0 Å². The molecule has 2 rings (SSSR count). The van der Waals surface area contributed by atoms with Gasteiger partial charge in [0, 0.05) is 29.0 Å². The number of methoxy groups -OCH3 is 1. The monoisotopic (exact) mass is 330 g/mol. The average Bonchev–Trinajstić information content (AvgIpc) is 2.51. The summed E-state index contributed by atoms with van der Waals surface area (Å²) in [6.45, 7) is 2.12. The largest absolute Gasteiger partial charge is 0.507 e. The number of pyridine rings is 1. The van der Waals surface area contributed by atoms with Crippen LogP contribution in [0.2, 0.25) is 5.02 Å². The highest BCUT2D eigenvalue weighted by atomic mass is 35.5. The molecular formula is C16H15ClN4O2. The number of nitrogens with zero attached hydrogens (tertiary/aromatic N) is 3. The summed E-state index contributed by atoms with van der Waals surface area (Å²) < 4.78 is 5.09. The minimum atomic E-state index is 0.0535. The van der Waals surface area contributed by atoms with Crippen molar-refractivity contribution in [3.63, 3.8) is 0 Å². The third kappa shape index (κ3) is 4.19. The van der Waals surface area contributed by atoms with Gasteiger partial charge in [0.05, 0.1) is 12.8 Å². The van der Waals surface area contributed by atoms with Crippen LogP contribution in [0.15, 0.2) is 29.4 Å². The summed E-state index contributed by atoms with van der Waals surface area (Å²) in [6, 6.07) is 8.52. The molecule has 0 saturated heterocycles. The fourth-order valence-electron chi connectivity index (χ4n) is 2.01. The smallest absolute Gasteiger partial charge is 0.164 e. The SMILES string of the molecule is COCc1cc(C)nc(NN=Cc2cc(Cl)ccc2O)c1C#N. The molecule has 118 valence electrons. The van der Waals surface area contributed by atoms with Gasteiger partial charge in [-0.3, -0.25) is 5.43 Å². The molecule has 0 amide bonds. The summed E-state index contributed by atoms with van der Waals surface area (Å²) in [5.74, 6) is 0.384. The van der Waals surface area contributed by atoms with Gasteiger partial charge in [0.2, 0.25) is 0 Å². The summed E-state index contributed by atoms with van der Waals surface area (Å²) in [7, 11) is 1.56. The van der Waals surface area contributed by atoms with Crippen LogP contribution in [-0.2, 0) is 11.3 Å². The number of nitriles is 1. The second kappa shape index (κ2) is 7.58. The molecule has 0 bridgehead atoms. The zero-order valence-electron chi connectivity index (χ0n) is 12.7. The van der Waals surface area contributed by atoms with Gasteiger partial charge in [-0.1, -0.05) is 11.6 Å². The van der Waals surface area contributed by atoms with E-state index in [1.807, 2.05) is 6.92 Å². The number of ether oxygens (including phenoxy) is 1. The lowest BCUT2D eigenvalue weighted by Gasteiger charge is -2.09. The van der Waals surface area contributed by atoms with E-state index in [-0.39, 0.29) is 5.75 Å². The van der Waals surface area contributed by atoms with Crippen molar-refractivity contribution in [1.82, 2.24) is 4.98 Å². The van der Waals surface area contributed by atoms with Crippen molar-refractivity contribution in [3.8, 4) is 11.8 Å². The van der Waals surface area contributed by atoms with Gasteiger partial charge in [-0.15, -0.1) is 0 Å². The zero-order valence-corrected chi connectivity index (χ0v) is 13.4. The number of aromatic nitrogens is 1. The quantitative estimate of drug-likeness (QED) is 0.649. The summed E-state index contributed by atoms with van der Waals surface area (Å²) in [5.41, 5.74) is 5.01. The number of halogens is 1. The predicted molar refractivity (Wildman–Crippen MR) is 88.7 cm³/mol. The van der Waals surface area contributed by atoms with E-state index in [0.717, 1.165) is 11.3 Å². The number of phenolic OH excluding ortho intramolecular Hbond substituents is 1. The van der Waals surface area contributed by atoms with E-state index in [0.29, 0.717) is 28.6 Å². The number of nitrogens with one attached hydrogen (secondary N) is 1. The number of hydrogen-bond acceptors (Lipinski definition) is 6. The van der Waals surface area contributed by atoms with E-state index in [4.69, 9.17) is 16.3 Å². The number of aryl methyl sites for hydroxylation is 1. The third-order valence-corrected chi connectivity index (χ3v) is 3.24. The lowest BCUT2D eigenvalue weighted by molar-refractivity contribution is 0.184. The first-order chi connectivity index (χ1) is 11.0. The minimum Gasteiger partial charge on any atom is -0.507 e. The molecule has 0 spiro atoms. The van der Waals surface area contributed by atoms with Crippen LogP contribution in [0.1, 0.15) is 22.4 Å². The molecule has 0 radical (unpaired) electrons. The van der Waals surface area contributed by atoms with Gasteiger partial charge in [0.1, 0.15) is 17.4 Å². The molecule has 0 fully saturated rings. The van der Waals surface area contributed by atoms with Gasteiger partial charge >= 0.3 is 0 Å². The molecule has 0 aliphatic heterocycles. The van der Waals surface area contributed by atoms with E-state index in [9.17, 15) is 10.4 Å². The van der Waals surface area contributed by atoms with Crippen LogP contribution in [0.5, 0.6) is 5.75 Å². The number of hydrazone groups is 1. The van der Waals surface area contributed by atoms with Crippen molar-refractivity contribution in [1.29, 1.82) is 5.26 Å². The van der Waals surface area contributed by atoms with E-state index in [1.165, 1.54) is 12.3 Å². The van der Waals surface area contributed by atoms with Gasteiger partial charge in [0.15, 0.2) is 5.82 Å². The Morgan fingerprint density at radius 3 is 2.96 bits per heavy atom. The second-order valence-corrected chi connectivity index (χ2v) is 5.20. The standard InChI is InChI=1S/C16H15ClN4O2/c1-10-5-12(9-23-2)14(7-18)16(20-10)21-19-8-11-6-13(17)3-4-15(11)22/h3-6,8,22H,9H2,1-2H3,(H,20,21). The number of anilines is 1. The second-order valence-electron chi connectivity index (χ2n) is 4.76. The maximum Gasteiger partial charge on any atom is 0.164 e. The molecule has 0 aliphatic carbocycles. The summed E-state index contributed by atoms with van der Waals surface area (Å²) in [5, 5.41) is 23.5. The Labute approximate surface area is 139 Å². The topological polar surface area (TPSA) is 90.5 Å². The highest BCUT2D eigenvalue weighted by Crippen LogP contribution is 2.21. The first-order valence-corrected chi connectivity index (χ1v) is 7.10. The maximum atomic E-state index is 9.73. The lowest BCUT2D eigenvalue weighted by Crippen LogP contribution is -2.03. The van der Waals surface area contributed by atoms with Crippen molar-refractivity contribution < 1.29 is 9.84 Å². The molecule has 1 aromatic carbocycles. The van der Waals surface area contributed by atoms with Crippen molar-refractivity contribution in [2.24, 2.45) is 5.10 Å². The van der Waals surface area contributed by atoms with Crippen molar-refractivity contribution in [2.75, 3.05) is 12.5 Å². The lowest BCUT2D eigenvalue weighted by atomic mass is 10.1. The Morgan fingerprint density at radius 1 is 1.48 bits per heavy atom. The van der Waals surface area contributed by atoms with Crippen LogP contribution in [0.25, 0.3) is 0 Å². The fraction of sp³-hybridized carbons (Fsp3) is 0.188. The van der Waals surface area contributed by atoms with Gasteiger partial charge in [-0.2, -0.15) is 10.4 Å². The van der Waals surface area contributed by atoms with E-state index < -0.39 is 0 Å². The fourth-order valence-corrected chi connectivity index (χ4v) is 2.19. The van der Waals surface area contributed by atoms with Crippen LogP contribution in [0, 0.1) is 18.3 Å². The van der Waals surface area contributed by atoms with Crippen LogP contribution in [-0.4, -0.2) is 23.4 Å². The molecule has 1 heterocycles. The molecule has 23 heavy (non-hydrogen) atoms. The number of phenols is 1. The van der Waals surface area contributed by atoms with Crippen LogP contribution in [0.4, 0.5) is 5.82 Å². The Kier molecular flexibility index (Phi) is 5.52. The molecule has 2 N–H and O–H groups in total. The number of rotatable bonds is 5. The van der Waals surface area contributed by atoms with E-state index in [1.54, 1.807) is 25.3 Å². The summed E-state index contributed by atoms with van der Waals surface area (Å²) in [4.78, 5) is 4.27. The van der Waals surface area contributed by atoms with E-state index >= 15 is 0 Å². The molecule has 7 heteroatoms. The number of hydrogen-bond donors (Lipinski definition) is 2. The summed E-state index contributed by atoms with van der Waals surface area (Å²) in [6.07, 6.45) is 1.41. The summed E-state index contributed by atoms with van der Waals surface area (Å²) >= 11 is 5.87. The molecule has 0 aliphatic rings. The Hall–Kier alpha value is -2.62. The van der Waals surface area contributed by atoms with Crippen molar-refractivity contribution >= 4 is 23.6 Å². The number of aromatic hydroxyl groups is 1. The molecule has 2 aromatic rings. The molecule has 0 atom stereocenters. The van der Waals surface area contributed by atoms with Crippen LogP contribution < -0.4 is 5.43 Å². The Balaban J connectivity index is 2.28. The minimum absolute atomic E-state index is 0.0535. The Bertz CT molecular complexity index is 784. The maximum absolute atomic E-state index is 9.73. The highest BCUT2D eigenvalue weighted by Gasteiger charge is 2.10. The molecule has 0 unspecified atom stereocenters. The Morgan fingerprint density at radius 2 is 2.26 bits per heavy atom. The average molecular weight is 331 g/mol. The van der Waals surface area contributed by atoms with Gasteiger partial charge in [-0.25, -0.2) is 4.98 Å². The highest BCUT2D eigenvalue weighted by molar-refractivity contribution is 6.30. The molecular weight excluding hydrogens is 316 g/mol. The first kappa shape index (κ1) is 16.7. The zero-order chi connectivity index (χ0) is 16.8. The molecule has 6 nitrogen and oxygen atoms in total. The van der Waals surface area contributed by atoms with Crippen molar-refractivity contribution in [2.45, 2.75) is 13.5 Å². The predicted octanol–water partition coefficient (Wildman–Crippen LogP) is 3.21.